The van der Waals surface area contributed by atoms with Crippen molar-refractivity contribution in [1.82, 2.24) is 9.97 Å². The van der Waals surface area contributed by atoms with E-state index in [9.17, 15) is 0 Å². The highest BCUT2D eigenvalue weighted by Crippen LogP contribution is 2.18. The number of methoxy groups -OCH3 is 1. The van der Waals surface area contributed by atoms with Crippen LogP contribution in [0.5, 0.6) is 6.01 Å². The van der Waals surface area contributed by atoms with Crippen LogP contribution in [0.25, 0.3) is 10.9 Å². The molecule has 66 valence electrons. The summed E-state index contributed by atoms with van der Waals surface area (Å²) < 4.78 is 5.93. The molecule has 0 atom stereocenters. The Morgan fingerprint density at radius 3 is 3.00 bits per heavy atom. The second-order valence-electron chi connectivity index (χ2n) is 2.56. The fraction of sp³-hybridized carbons (Fsp3) is 0.111. The summed E-state index contributed by atoms with van der Waals surface area (Å²) in [6.07, 6.45) is 1.74. The van der Waals surface area contributed by atoms with E-state index in [0.717, 1.165) is 15.4 Å². The van der Waals surface area contributed by atoms with Gasteiger partial charge in [0.25, 0.3) is 0 Å². The molecule has 0 amide bonds. The van der Waals surface area contributed by atoms with Crippen LogP contribution in [0, 0.1) is 0 Å². The first-order chi connectivity index (χ1) is 6.29. The molecule has 0 radical (unpaired) electrons. The number of halogens is 1. The van der Waals surface area contributed by atoms with Gasteiger partial charge >= 0.3 is 6.01 Å². The number of ether oxygens (including phenoxy) is 1. The Hall–Kier alpha value is -1.16. The molecule has 0 aliphatic carbocycles. The Morgan fingerprint density at radius 2 is 2.23 bits per heavy atom. The van der Waals surface area contributed by atoms with E-state index >= 15 is 0 Å². The van der Waals surface area contributed by atoms with Crippen molar-refractivity contribution in [1.29, 1.82) is 0 Å². The molecule has 3 nitrogen and oxygen atoms in total. The average Bonchev–Trinajstić information content (AvgIpc) is 2.16. The quantitative estimate of drug-likeness (QED) is 0.766. The van der Waals surface area contributed by atoms with E-state index in [0.29, 0.717) is 6.01 Å². The summed E-state index contributed by atoms with van der Waals surface area (Å²) in [5.41, 5.74) is 0.876. The smallest absolute Gasteiger partial charge is 0.316 e. The Kier molecular flexibility index (Phi) is 2.14. The molecule has 0 saturated heterocycles. The minimum absolute atomic E-state index is 0.394. The van der Waals surface area contributed by atoms with Crippen molar-refractivity contribution in [3.8, 4) is 6.01 Å². The molecule has 0 saturated carbocycles. The zero-order valence-electron chi connectivity index (χ0n) is 6.99. The van der Waals surface area contributed by atoms with Crippen molar-refractivity contribution >= 4 is 26.8 Å². The lowest BCUT2D eigenvalue weighted by atomic mass is 10.2. The molecule has 4 heteroatoms. The third kappa shape index (κ3) is 1.62. The van der Waals surface area contributed by atoms with E-state index in [1.165, 1.54) is 0 Å². The largest absolute Gasteiger partial charge is 0.467 e. The Labute approximate surface area is 83.9 Å². The van der Waals surface area contributed by atoms with Crippen LogP contribution in [0.3, 0.4) is 0 Å². The summed E-state index contributed by atoms with van der Waals surface area (Å²) in [5, 5.41) is 1.00. The van der Waals surface area contributed by atoms with E-state index in [1.54, 1.807) is 13.3 Å². The summed E-state index contributed by atoms with van der Waals surface area (Å²) in [6, 6.07) is 6.24. The lowest BCUT2D eigenvalue weighted by molar-refractivity contribution is 0.382. The van der Waals surface area contributed by atoms with Gasteiger partial charge in [-0.25, -0.2) is 4.98 Å². The fourth-order valence-electron chi connectivity index (χ4n) is 1.08. The Bertz CT molecular complexity index is 445. The maximum Gasteiger partial charge on any atom is 0.316 e. The van der Waals surface area contributed by atoms with E-state index in [-0.39, 0.29) is 0 Å². The van der Waals surface area contributed by atoms with Gasteiger partial charge in [-0.2, -0.15) is 4.98 Å². The van der Waals surface area contributed by atoms with Crippen LogP contribution in [-0.2, 0) is 0 Å². The van der Waals surface area contributed by atoms with Crippen LogP contribution in [0.2, 0.25) is 0 Å². The molecule has 1 aromatic heterocycles. The molecule has 1 heterocycles. The van der Waals surface area contributed by atoms with Crippen LogP contribution in [0.15, 0.2) is 28.9 Å². The van der Waals surface area contributed by atoms with Gasteiger partial charge in [0, 0.05) is 16.1 Å². The number of hydrogen-bond acceptors (Lipinski definition) is 3. The molecule has 0 bridgehead atoms. The first kappa shape index (κ1) is 8.44. The average molecular weight is 239 g/mol. The predicted octanol–water partition coefficient (Wildman–Crippen LogP) is 2.40. The summed E-state index contributed by atoms with van der Waals surface area (Å²) in [4.78, 5) is 8.20. The minimum atomic E-state index is 0.394. The van der Waals surface area contributed by atoms with Crippen LogP contribution in [0.1, 0.15) is 0 Å². The summed E-state index contributed by atoms with van der Waals surface area (Å²) >= 11 is 3.38. The molecular formula is C9H7BrN2O. The fourth-order valence-corrected chi connectivity index (χ4v) is 1.43. The molecule has 0 aliphatic rings. The summed E-state index contributed by atoms with van der Waals surface area (Å²) in [7, 11) is 1.55. The van der Waals surface area contributed by atoms with E-state index in [2.05, 4.69) is 25.9 Å². The zero-order valence-corrected chi connectivity index (χ0v) is 8.58. The second kappa shape index (κ2) is 3.30. The Balaban J connectivity index is 2.68. The molecule has 13 heavy (non-hydrogen) atoms. The van der Waals surface area contributed by atoms with E-state index in [1.807, 2.05) is 18.2 Å². The SMILES string of the molecule is COc1ncc2ccc(Br)cc2n1. The van der Waals surface area contributed by atoms with Crippen LogP contribution < -0.4 is 4.74 Å². The number of aromatic nitrogens is 2. The molecule has 0 fully saturated rings. The highest BCUT2D eigenvalue weighted by molar-refractivity contribution is 9.10. The monoisotopic (exact) mass is 238 g/mol. The topological polar surface area (TPSA) is 35.0 Å². The van der Waals surface area contributed by atoms with Crippen molar-refractivity contribution in [3.63, 3.8) is 0 Å². The molecule has 0 aliphatic heterocycles. The van der Waals surface area contributed by atoms with Gasteiger partial charge in [-0.15, -0.1) is 0 Å². The normalized spacial score (nSPS) is 10.3. The van der Waals surface area contributed by atoms with Gasteiger partial charge in [-0.05, 0) is 12.1 Å². The van der Waals surface area contributed by atoms with Crippen molar-refractivity contribution in [2.75, 3.05) is 7.11 Å². The third-order valence-electron chi connectivity index (χ3n) is 1.71. The summed E-state index contributed by atoms with van der Waals surface area (Å²) in [6.45, 7) is 0. The van der Waals surface area contributed by atoms with Gasteiger partial charge in [0.2, 0.25) is 0 Å². The first-order valence-electron chi connectivity index (χ1n) is 3.76. The molecule has 0 N–H and O–H groups in total. The number of nitrogens with zero attached hydrogens (tertiary/aromatic N) is 2. The summed E-state index contributed by atoms with van der Waals surface area (Å²) in [5.74, 6) is 0. The maximum absolute atomic E-state index is 4.92. The lowest BCUT2D eigenvalue weighted by Gasteiger charge is -1.99. The van der Waals surface area contributed by atoms with Crippen molar-refractivity contribution in [3.05, 3.63) is 28.9 Å². The van der Waals surface area contributed by atoms with E-state index < -0.39 is 0 Å². The zero-order chi connectivity index (χ0) is 9.26. The van der Waals surface area contributed by atoms with Gasteiger partial charge in [-0.3, -0.25) is 0 Å². The van der Waals surface area contributed by atoms with Gasteiger partial charge < -0.3 is 4.74 Å². The first-order valence-corrected chi connectivity index (χ1v) is 4.55. The van der Waals surface area contributed by atoms with Crippen LogP contribution in [-0.4, -0.2) is 17.1 Å². The highest BCUT2D eigenvalue weighted by Gasteiger charge is 1.99. The lowest BCUT2D eigenvalue weighted by Crippen LogP contribution is -1.91. The molecule has 2 rings (SSSR count). The highest BCUT2D eigenvalue weighted by atomic mass is 79.9. The predicted molar refractivity (Wildman–Crippen MR) is 53.8 cm³/mol. The van der Waals surface area contributed by atoms with Crippen molar-refractivity contribution < 1.29 is 4.74 Å². The second-order valence-corrected chi connectivity index (χ2v) is 3.48. The number of rotatable bonds is 1. The van der Waals surface area contributed by atoms with E-state index in [4.69, 9.17) is 4.74 Å². The van der Waals surface area contributed by atoms with Crippen LogP contribution in [0.4, 0.5) is 0 Å². The van der Waals surface area contributed by atoms with Gasteiger partial charge in [0.15, 0.2) is 0 Å². The van der Waals surface area contributed by atoms with Gasteiger partial charge in [0.05, 0.1) is 12.6 Å². The van der Waals surface area contributed by atoms with Crippen molar-refractivity contribution in [2.24, 2.45) is 0 Å². The third-order valence-corrected chi connectivity index (χ3v) is 2.20. The Morgan fingerprint density at radius 1 is 1.38 bits per heavy atom. The molecule has 1 aromatic carbocycles. The molecule has 2 aromatic rings. The van der Waals surface area contributed by atoms with Crippen molar-refractivity contribution in [2.45, 2.75) is 0 Å². The molecule has 0 unspecified atom stereocenters. The number of hydrogen-bond donors (Lipinski definition) is 0. The molecular weight excluding hydrogens is 232 g/mol. The van der Waals surface area contributed by atoms with Crippen LogP contribution >= 0.6 is 15.9 Å². The van der Waals surface area contributed by atoms with Gasteiger partial charge in [0.1, 0.15) is 0 Å². The molecule has 0 spiro atoms. The minimum Gasteiger partial charge on any atom is -0.467 e. The standard InChI is InChI=1S/C9H7BrN2O/c1-13-9-11-5-6-2-3-7(10)4-8(6)12-9/h2-5H,1H3. The maximum atomic E-state index is 4.92. The number of fused-ring (bicyclic) bond motifs is 1. The number of benzene rings is 1. The van der Waals surface area contributed by atoms with Gasteiger partial charge in [-0.1, -0.05) is 22.0 Å².